The largest absolute Gasteiger partial charge is 0.494 e. The van der Waals surface area contributed by atoms with Gasteiger partial charge in [-0.05, 0) is 44.0 Å². The van der Waals surface area contributed by atoms with Gasteiger partial charge < -0.3 is 14.7 Å². The van der Waals surface area contributed by atoms with Crippen molar-refractivity contribution in [3.8, 4) is 5.75 Å². The Balaban J connectivity index is 2.73. The van der Waals surface area contributed by atoms with E-state index < -0.39 is 5.97 Å². The Labute approximate surface area is 127 Å². The summed E-state index contributed by atoms with van der Waals surface area (Å²) in [5, 5.41) is 8.82. The number of carbonyl (C=O) groups is 1. The summed E-state index contributed by atoms with van der Waals surface area (Å²) in [6.07, 6.45) is 1.08. The van der Waals surface area contributed by atoms with Crippen molar-refractivity contribution in [1.29, 1.82) is 0 Å². The third kappa shape index (κ3) is 6.17. The fourth-order valence-corrected chi connectivity index (χ4v) is 2.51. The Bertz CT molecular complexity index is 445. The number of carboxylic acids is 1. The highest BCUT2D eigenvalue weighted by molar-refractivity contribution is 5.66. The lowest BCUT2D eigenvalue weighted by Gasteiger charge is -2.31. The van der Waals surface area contributed by atoms with E-state index in [-0.39, 0.29) is 6.42 Å². The van der Waals surface area contributed by atoms with E-state index in [1.165, 1.54) is 5.56 Å². The molecule has 1 aromatic carbocycles. The summed E-state index contributed by atoms with van der Waals surface area (Å²) >= 11 is 0. The molecule has 0 saturated carbocycles. The van der Waals surface area contributed by atoms with Gasteiger partial charge in [-0.2, -0.15) is 0 Å². The second-order valence-corrected chi connectivity index (χ2v) is 5.72. The van der Waals surface area contributed by atoms with Gasteiger partial charge in [0.05, 0.1) is 13.0 Å². The zero-order valence-corrected chi connectivity index (χ0v) is 13.5. The van der Waals surface area contributed by atoms with Gasteiger partial charge in [0.25, 0.3) is 0 Å². The molecule has 0 radical (unpaired) electrons. The van der Waals surface area contributed by atoms with E-state index in [0.29, 0.717) is 25.1 Å². The molecule has 0 aliphatic carbocycles. The lowest BCUT2D eigenvalue weighted by Crippen LogP contribution is -2.39. The molecule has 0 fully saturated rings. The van der Waals surface area contributed by atoms with Crippen molar-refractivity contribution in [3.05, 3.63) is 29.8 Å². The van der Waals surface area contributed by atoms with Crippen LogP contribution in [0.15, 0.2) is 24.3 Å². The van der Waals surface area contributed by atoms with Gasteiger partial charge in [-0.3, -0.25) is 4.79 Å². The standard InChI is InChI=1S/C17H27NO3/c1-5-21-15-8-6-7-14(11-15)12-16(13(2)3)18(4)10-9-17(19)20/h6-8,11,13,16H,5,9-10,12H2,1-4H3,(H,19,20). The molecule has 0 aromatic heterocycles. The number of likely N-dealkylation sites (N-methyl/N-ethyl adjacent to an activating group) is 1. The maximum Gasteiger partial charge on any atom is 0.304 e. The molecule has 1 unspecified atom stereocenters. The minimum absolute atomic E-state index is 0.179. The van der Waals surface area contributed by atoms with Crippen LogP contribution in [0.1, 0.15) is 32.8 Å². The molecular formula is C17H27NO3. The maximum atomic E-state index is 10.7. The number of hydrogen-bond donors (Lipinski definition) is 1. The summed E-state index contributed by atoms with van der Waals surface area (Å²) in [4.78, 5) is 12.9. The van der Waals surface area contributed by atoms with E-state index in [2.05, 4.69) is 30.9 Å². The summed E-state index contributed by atoms with van der Waals surface area (Å²) in [6, 6.07) is 8.47. The number of hydrogen-bond acceptors (Lipinski definition) is 3. The van der Waals surface area contributed by atoms with Crippen molar-refractivity contribution in [1.82, 2.24) is 4.90 Å². The molecular weight excluding hydrogens is 266 g/mol. The van der Waals surface area contributed by atoms with Crippen LogP contribution in [0.5, 0.6) is 5.75 Å². The highest BCUT2D eigenvalue weighted by atomic mass is 16.5. The number of benzene rings is 1. The first kappa shape index (κ1) is 17.5. The van der Waals surface area contributed by atoms with Crippen LogP contribution in [0.25, 0.3) is 0 Å². The predicted octanol–water partition coefficient (Wildman–Crippen LogP) is 3.06. The first-order valence-electron chi connectivity index (χ1n) is 7.57. The molecule has 4 heteroatoms. The summed E-state index contributed by atoms with van der Waals surface area (Å²) in [7, 11) is 2.00. The van der Waals surface area contributed by atoms with Crippen LogP contribution in [0, 0.1) is 5.92 Å². The quantitative estimate of drug-likeness (QED) is 0.760. The molecule has 0 bridgehead atoms. The molecule has 21 heavy (non-hydrogen) atoms. The molecule has 1 aromatic rings. The van der Waals surface area contributed by atoms with Crippen LogP contribution >= 0.6 is 0 Å². The number of rotatable bonds is 9. The van der Waals surface area contributed by atoms with Gasteiger partial charge in [-0.15, -0.1) is 0 Å². The van der Waals surface area contributed by atoms with Crippen molar-refractivity contribution in [3.63, 3.8) is 0 Å². The summed E-state index contributed by atoms with van der Waals surface area (Å²) in [5.41, 5.74) is 1.22. The normalized spacial score (nSPS) is 12.7. The van der Waals surface area contributed by atoms with Crippen LogP contribution in [0.3, 0.4) is 0 Å². The van der Waals surface area contributed by atoms with Crippen LogP contribution in [0.2, 0.25) is 0 Å². The van der Waals surface area contributed by atoms with Gasteiger partial charge >= 0.3 is 5.97 Å². The van der Waals surface area contributed by atoms with Gasteiger partial charge in [-0.1, -0.05) is 26.0 Å². The molecule has 0 heterocycles. The number of aliphatic carboxylic acids is 1. The van der Waals surface area contributed by atoms with E-state index in [1.54, 1.807) is 0 Å². The van der Waals surface area contributed by atoms with E-state index in [4.69, 9.17) is 9.84 Å². The molecule has 0 spiro atoms. The Kier molecular flexibility index (Phi) is 7.23. The fraction of sp³-hybridized carbons (Fsp3) is 0.588. The van der Waals surface area contributed by atoms with Crippen LogP contribution in [-0.4, -0.2) is 42.2 Å². The smallest absolute Gasteiger partial charge is 0.304 e. The maximum absolute atomic E-state index is 10.7. The number of nitrogens with zero attached hydrogens (tertiary/aromatic N) is 1. The van der Waals surface area contributed by atoms with Crippen LogP contribution in [-0.2, 0) is 11.2 Å². The Morgan fingerprint density at radius 1 is 1.38 bits per heavy atom. The van der Waals surface area contributed by atoms with E-state index in [0.717, 1.165) is 12.2 Å². The first-order valence-corrected chi connectivity index (χ1v) is 7.57. The minimum atomic E-state index is -0.748. The molecule has 1 N–H and O–H groups in total. The molecule has 0 aliphatic rings. The molecule has 0 saturated heterocycles. The Morgan fingerprint density at radius 3 is 2.67 bits per heavy atom. The van der Waals surface area contributed by atoms with Crippen molar-refractivity contribution in [2.24, 2.45) is 5.92 Å². The third-order valence-electron chi connectivity index (χ3n) is 3.67. The van der Waals surface area contributed by atoms with E-state index >= 15 is 0 Å². The van der Waals surface area contributed by atoms with Gasteiger partial charge in [0.2, 0.25) is 0 Å². The van der Waals surface area contributed by atoms with Crippen LogP contribution < -0.4 is 4.74 Å². The van der Waals surface area contributed by atoms with Gasteiger partial charge in [0.1, 0.15) is 5.75 Å². The summed E-state index contributed by atoms with van der Waals surface area (Å²) < 4.78 is 5.54. The molecule has 1 rings (SSSR count). The average molecular weight is 293 g/mol. The summed E-state index contributed by atoms with van der Waals surface area (Å²) in [5.74, 6) is 0.605. The van der Waals surface area contributed by atoms with Crippen molar-refractivity contribution in [2.45, 2.75) is 39.7 Å². The van der Waals surface area contributed by atoms with Crippen molar-refractivity contribution < 1.29 is 14.6 Å². The predicted molar refractivity (Wildman–Crippen MR) is 84.8 cm³/mol. The van der Waals surface area contributed by atoms with E-state index in [1.807, 2.05) is 26.1 Å². The zero-order valence-electron chi connectivity index (χ0n) is 13.5. The van der Waals surface area contributed by atoms with Crippen molar-refractivity contribution in [2.75, 3.05) is 20.2 Å². The second-order valence-electron chi connectivity index (χ2n) is 5.72. The Hall–Kier alpha value is -1.55. The number of ether oxygens (including phenoxy) is 1. The van der Waals surface area contributed by atoms with Gasteiger partial charge in [0.15, 0.2) is 0 Å². The highest BCUT2D eigenvalue weighted by Gasteiger charge is 2.19. The number of carboxylic acid groups (broad SMARTS) is 1. The van der Waals surface area contributed by atoms with E-state index in [9.17, 15) is 4.79 Å². The van der Waals surface area contributed by atoms with Gasteiger partial charge in [0, 0.05) is 12.6 Å². The summed E-state index contributed by atoms with van der Waals surface area (Å²) in [6.45, 7) is 7.56. The molecule has 0 aliphatic heterocycles. The lowest BCUT2D eigenvalue weighted by atomic mass is 9.95. The highest BCUT2D eigenvalue weighted by Crippen LogP contribution is 2.19. The SMILES string of the molecule is CCOc1cccc(CC(C(C)C)N(C)CCC(=O)O)c1. The lowest BCUT2D eigenvalue weighted by molar-refractivity contribution is -0.137. The Morgan fingerprint density at radius 2 is 2.10 bits per heavy atom. The van der Waals surface area contributed by atoms with Crippen molar-refractivity contribution >= 4 is 5.97 Å². The molecule has 1 atom stereocenters. The minimum Gasteiger partial charge on any atom is -0.494 e. The fourth-order valence-electron chi connectivity index (χ4n) is 2.51. The molecule has 0 amide bonds. The molecule has 4 nitrogen and oxygen atoms in total. The third-order valence-corrected chi connectivity index (χ3v) is 3.67. The molecule has 118 valence electrons. The average Bonchev–Trinajstić information content (AvgIpc) is 2.42. The van der Waals surface area contributed by atoms with Crippen LogP contribution in [0.4, 0.5) is 0 Å². The first-order chi connectivity index (χ1) is 9.93. The zero-order chi connectivity index (χ0) is 15.8. The monoisotopic (exact) mass is 293 g/mol. The second kappa shape index (κ2) is 8.67. The topological polar surface area (TPSA) is 49.8 Å². The van der Waals surface area contributed by atoms with Gasteiger partial charge in [-0.25, -0.2) is 0 Å².